The smallest absolute Gasteiger partial charge is 0.255 e. The van der Waals surface area contributed by atoms with E-state index in [1.54, 1.807) is 36.4 Å². The number of amides is 2. The fourth-order valence-electron chi connectivity index (χ4n) is 3.78. The van der Waals surface area contributed by atoms with Gasteiger partial charge >= 0.3 is 0 Å². The number of methoxy groups -OCH3 is 1. The van der Waals surface area contributed by atoms with Crippen molar-refractivity contribution in [1.82, 2.24) is 5.32 Å². The Labute approximate surface area is 178 Å². The first kappa shape index (κ1) is 20.4. The Kier molecular flexibility index (Phi) is 5.58. The van der Waals surface area contributed by atoms with Gasteiger partial charge in [-0.25, -0.2) is 4.39 Å². The molecule has 0 radical (unpaired) electrons. The van der Waals surface area contributed by atoms with Crippen LogP contribution in [0.25, 0.3) is 0 Å². The summed E-state index contributed by atoms with van der Waals surface area (Å²) >= 11 is 0. The maximum Gasteiger partial charge on any atom is 0.255 e. The van der Waals surface area contributed by atoms with Gasteiger partial charge in [0.15, 0.2) is 0 Å². The molecule has 1 aliphatic rings. The molecule has 1 aliphatic carbocycles. The molecule has 3 N–H and O–H groups in total. The van der Waals surface area contributed by atoms with E-state index in [1.807, 2.05) is 6.07 Å². The SMILES string of the molecule is COc1ccc(C(=O)Nc2cc(F)ccc2C(=O)NC2CCc3c(O)cccc32)cc1. The first-order chi connectivity index (χ1) is 15.0. The lowest BCUT2D eigenvalue weighted by Gasteiger charge is -2.17. The van der Waals surface area contributed by atoms with Gasteiger partial charge in [0, 0.05) is 5.56 Å². The molecule has 0 saturated heterocycles. The zero-order valence-electron chi connectivity index (χ0n) is 16.8. The number of halogens is 1. The quantitative estimate of drug-likeness (QED) is 0.577. The van der Waals surface area contributed by atoms with Crippen molar-refractivity contribution in [3.63, 3.8) is 0 Å². The minimum absolute atomic E-state index is 0.0763. The van der Waals surface area contributed by atoms with E-state index in [2.05, 4.69) is 10.6 Å². The lowest BCUT2D eigenvalue weighted by atomic mass is 10.1. The molecule has 0 saturated carbocycles. The van der Waals surface area contributed by atoms with Crippen LogP contribution in [0.2, 0.25) is 0 Å². The number of fused-ring (bicyclic) bond motifs is 1. The summed E-state index contributed by atoms with van der Waals surface area (Å²) in [7, 11) is 1.52. The second kappa shape index (κ2) is 8.47. The first-order valence-corrected chi connectivity index (χ1v) is 9.83. The van der Waals surface area contributed by atoms with Gasteiger partial charge in [0.05, 0.1) is 24.4 Å². The molecule has 1 unspecified atom stereocenters. The fraction of sp³-hybridized carbons (Fsp3) is 0.167. The molecule has 0 aliphatic heterocycles. The number of phenols is 1. The number of ether oxygens (including phenoxy) is 1. The summed E-state index contributed by atoms with van der Waals surface area (Å²) in [6, 6.07) is 15.0. The molecule has 7 heteroatoms. The second-order valence-corrected chi connectivity index (χ2v) is 7.28. The predicted octanol–water partition coefficient (Wildman–Crippen LogP) is 4.21. The van der Waals surface area contributed by atoms with Crippen LogP contribution in [0.4, 0.5) is 10.1 Å². The van der Waals surface area contributed by atoms with E-state index in [0.29, 0.717) is 24.2 Å². The molecule has 4 rings (SSSR count). The van der Waals surface area contributed by atoms with E-state index in [9.17, 15) is 19.1 Å². The van der Waals surface area contributed by atoms with E-state index in [0.717, 1.165) is 17.2 Å². The van der Waals surface area contributed by atoms with Crippen molar-refractivity contribution in [2.24, 2.45) is 0 Å². The van der Waals surface area contributed by atoms with Crippen LogP contribution in [0.3, 0.4) is 0 Å². The van der Waals surface area contributed by atoms with Crippen LogP contribution in [0, 0.1) is 5.82 Å². The highest BCUT2D eigenvalue weighted by Gasteiger charge is 2.27. The van der Waals surface area contributed by atoms with E-state index >= 15 is 0 Å². The van der Waals surface area contributed by atoms with Crippen LogP contribution in [-0.4, -0.2) is 24.0 Å². The molecular weight excluding hydrogens is 399 g/mol. The van der Waals surface area contributed by atoms with Crippen LogP contribution in [0.15, 0.2) is 60.7 Å². The molecule has 0 fully saturated rings. The average molecular weight is 420 g/mol. The van der Waals surface area contributed by atoms with Crippen molar-refractivity contribution in [2.45, 2.75) is 18.9 Å². The Hall–Kier alpha value is -3.87. The van der Waals surface area contributed by atoms with E-state index in [-0.39, 0.29) is 23.0 Å². The number of hydrogen-bond donors (Lipinski definition) is 3. The van der Waals surface area contributed by atoms with Crippen LogP contribution in [0.1, 0.15) is 44.3 Å². The highest BCUT2D eigenvalue weighted by molar-refractivity contribution is 6.09. The maximum absolute atomic E-state index is 13.9. The van der Waals surface area contributed by atoms with Gasteiger partial charge < -0.3 is 20.5 Å². The van der Waals surface area contributed by atoms with Crippen molar-refractivity contribution in [3.8, 4) is 11.5 Å². The van der Waals surface area contributed by atoms with Gasteiger partial charge in [0.25, 0.3) is 11.8 Å². The van der Waals surface area contributed by atoms with Crippen LogP contribution in [0.5, 0.6) is 11.5 Å². The number of carbonyl (C=O) groups is 2. The first-order valence-electron chi connectivity index (χ1n) is 9.83. The summed E-state index contributed by atoms with van der Waals surface area (Å²) in [4.78, 5) is 25.6. The zero-order valence-corrected chi connectivity index (χ0v) is 16.8. The molecule has 31 heavy (non-hydrogen) atoms. The molecule has 0 aromatic heterocycles. The highest BCUT2D eigenvalue weighted by atomic mass is 19.1. The summed E-state index contributed by atoms with van der Waals surface area (Å²) in [5, 5.41) is 15.6. The summed E-state index contributed by atoms with van der Waals surface area (Å²) in [5.41, 5.74) is 2.25. The fourth-order valence-corrected chi connectivity index (χ4v) is 3.78. The molecule has 0 bridgehead atoms. The lowest BCUT2D eigenvalue weighted by molar-refractivity contribution is 0.0937. The number of aromatic hydroxyl groups is 1. The van der Waals surface area contributed by atoms with E-state index in [4.69, 9.17) is 4.74 Å². The third-order valence-electron chi connectivity index (χ3n) is 5.38. The molecule has 0 spiro atoms. The van der Waals surface area contributed by atoms with Gasteiger partial charge in [-0.05, 0) is 72.5 Å². The van der Waals surface area contributed by atoms with Crippen molar-refractivity contribution < 1.29 is 23.8 Å². The van der Waals surface area contributed by atoms with Crippen molar-refractivity contribution in [1.29, 1.82) is 0 Å². The van der Waals surface area contributed by atoms with Crippen LogP contribution >= 0.6 is 0 Å². The normalized spacial score (nSPS) is 14.6. The molecule has 2 amide bonds. The number of benzene rings is 3. The van der Waals surface area contributed by atoms with Gasteiger partial charge in [-0.2, -0.15) is 0 Å². The summed E-state index contributed by atoms with van der Waals surface area (Å²) in [6.45, 7) is 0. The minimum Gasteiger partial charge on any atom is -0.508 e. The predicted molar refractivity (Wildman–Crippen MR) is 114 cm³/mol. The van der Waals surface area contributed by atoms with E-state index < -0.39 is 17.6 Å². The lowest BCUT2D eigenvalue weighted by Crippen LogP contribution is -2.28. The Bertz CT molecular complexity index is 1140. The average Bonchev–Trinajstić information content (AvgIpc) is 3.18. The summed E-state index contributed by atoms with van der Waals surface area (Å²) in [5.74, 6) is -0.670. The Morgan fingerprint density at radius 3 is 2.58 bits per heavy atom. The van der Waals surface area contributed by atoms with Crippen molar-refractivity contribution in [3.05, 3.63) is 88.7 Å². The van der Waals surface area contributed by atoms with Gasteiger partial charge in [0.2, 0.25) is 0 Å². The number of rotatable bonds is 5. The minimum atomic E-state index is -0.572. The topological polar surface area (TPSA) is 87.7 Å². The molecule has 0 heterocycles. The number of hydrogen-bond acceptors (Lipinski definition) is 4. The van der Waals surface area contributed by atoms with Crippen LogP contribution in [-0.2, 0) is 6.42 Å². The Morgan fingerprint density at radius 2 is 1.84 bits per heavy atom. The standard InChI is InChI=1S/C24H21FN2O4/c1-31-16-8-5-14(6-9-16)23(29)27-21-13-15(25)7-10-19(21)24(30)26-20-12-11-18-17(20)3-2-4-22(18)28/h2-10,13,20,28H,11-12H2,1H3,(H,26,30)(H,27,29). The second-order valence-electron chi connectivity index (χ2n) is 7.28. The molecule has 3 aromatic carbocycles. The zero-order chi connectivity index (χ0) is 22.0. The molecule has 6 nitrogen and oxygen atoms in total. The molecular formula is C24H21FN2O4. The van der Waals surface area contributed by atoms with E-state index in [1.165, 1.54) is 19.2 Å². The van der Waals surface area contributed by atoms with Crippen molar-refractivity contribution >= 4 is 17.5 Å². The van der Waals surface area contributed by atoms with Crippen molar-refractivity contribution in [2.75, 3.05) is 12.4 Å². The number of anilines is 1. The highest BCUT2D eigenvalue weighted by Crippen LogP contribution is 2.36. The monoisotopic (exact) mass is 420 g/mol. The Balaban J connectivity index is 1.55. The maximum atomic E-state index is 13.9. The number of nitrogens with one attached hydrogen (secondary N) is 2. The number of carbonyl (C=O) groups excluding carboxylic acids is 2. The summed E-state index contributed by atoms with van der Waals surface area (Å²) < 4.78 is 19.0. The van der Waals surface area contributed by atoms with Gasteiger partial charge in [0.1, 0.15) is 17.3 Å². The van der Waals surface area contributed by atoms with Gasteiger partial charge in [-0.15, -0.1) is 0 Å². The van der Waals surface area contributed by atoms with Crippen LogP contribution < -0.4 is 15.4 Å². The third-order valence-corrected chi connectivity index (χ3v) is 5.38. The molecule has 3 aromatic rings. The van der Waals surface area contributed by atoms with Gasteiger partial charge in [-0.3, -0.25) is 9.59 Å². The number of phenolic OH excluding ortho intramolecular Hbond substituents is 1. The van der Waals surface area contributed by atoms with Gasteiger partial charge in [-0.1, -0.05) is 12.1 Å². The third kappa shape index (κ3) is 4.21. The largest absolute Gasteiger partial charge is 0.508 e. The Morgan fingerprint density at radius 1 is 1.06 bits per heavy atom. The molecule has 158 valence electrons. The molecule has 1 atom stereocenters. The summed E-state index contributed by atoms with van der Waals surface area (Å²) in [6.07, 6.45) is 1.30.